The number of nitrogens with one attached hydrogen (secondary N) is 3. The van der Waals surface area contributed by atoms with Gasteiger partial charge in [0.15, 0.2) is 0 Å². The van der Waals surface area contributed by atoms with E-state index in [0.717, 1.165) is 27.6 Å². The molecule has 0 aliphatic heterocycles. The highest BCUT2D eigenvalue weighted by molar-refractivity contribution is 8.13. The minimum absolute atomic E-state index is 0.196. The Kier molecular flexibility index (Phi) is 6.72. The molecule has 2 aromatic carbocycles. The summed E-state index contributed by atoms with van der Waals surface area (Å²) >= 11 is 1.38. The molecule has 150 valence electrons. The molecule has 0 atom stereocenters. The molecule has 3 rings (SSSR count). The van der Waals surface area contributed by atoms with E-state index in [1.165, 1.54) is 11.8 Å². The fourth-order valence-corrected chi connectivity index (χ4v) is 3.31. The Balaban J connectivity index is 1.61. The SMILES string of the molecule is CCOC(=O)Cc1ccc(CNC(=O)c2cc3cc(C(=N)SC)ccc3[nH]2)cc1. The summed E-state index contributed by atoms with van der Waals surface area (Å²) in [6.07, 6.45) is 2.11. The van der Waals surface area contributed by atoms with Crippen molar-refractivity contribution in [2.45, 2.75) is 19.9 Å². The Morgan fingerprint density at radius 3 is 2.52 bits per heavy atom. The second-order valence-electron chi connectivity index (χ2n) is 6.50. The van der Waals surface area contributed by atoms with Gasteiger partial charge in [-0.15, -0.1) is 11.8 Å². The van der Waals surface area contributed by atoms with Crippen LogP contribution in [0.2, 0.25) is 0 Å². The lowest BCUT2D eigenvalue weighted by Crippen LogP contribution is -2.23. The van der Waals surface area contributed by atoms with E-state index in [9.17, 15) is 9.59 Å². The van der Waals surface area contributed by atoms with Gasteiger partial charge in [0.2, 0.25) is 0 Å². The zero-order valence-electron chi connectivity index (χ0n) is 16.4. The monoisotopic (exact) mass is 409 g/mol. The summed E-state index contributed by atoms with van der Waals surface area (Å²) in [4.78, 5) is 27.1. The van der Waals surface area contributed by atoms with Crippen LogP contribution in [0.1, 0.15) is 34.1 Å². The number of aromatic nitrogens is 1. The van der Waals surface area contributed by atoms with Crippen LogP contribution in [0, 0.1) is 5.41 Å². The normalized spacial score (nSPS) is 10.7. The van der Waals surface area contributed by atoms with Gasteiger partial charge in [0, 0.05) is 23.0 Å². The largest absolute Gasteiger partial charge is 0.466 e. The van der Waals surface area contributed by atoms with Crippen molar-refractivity contribution in [3.63, 3.8) is 0 Å². The number of carbonyl (C=O) groups excluding carboxylic acids is 2. The van der Waals surface area contributed by atoms with Gasteiger partial charge in [0.1, 0.15) is 5.69 Å². The van der Waals surface area contributed by atoms with E-state index >= 15 is 0 Å². The first kappa shape index (κ1) is 20.7. The number of aromatic amines is 1. The first-order valence-corrected chi connectivity index (χ1v) is 10.5. The molecule has 0 fully saturated rings. The van der Waals surface area contributed by atoms with Gasteiger partial charge in [0.25, 0.3) is 5.91 Å². The van der Waals surface area contributed by atoms with Crippen LogP contribution in [0.5, 0.6) is 0 Å². The molecule has 3 N–H and O–H groups in total. The van der Waals surface area contributed by atoms with Gasteiger partial charge in [-0.1, -0.05) is 30.3 Å². The van der Waals surface area contributed by atoms with Gasteiger partial charge >= 0.3 is 5.97 Å². The summed E-state index contributed by atoms with van der Waals surface area (Å²) in [5, 5.41) is 12.2. The van der Waals surface area contributed by atoms with Gasteiger partial charge in [-0.25, -0.2) is 0 Å². The highest BCUT2D eigenvalue weighted by Crippen LogP contribution is 2.20. The van der Waals surface area contributed by atoms with Crippen LogP contribution in [0.4, 0.5) is 0 Å². The van der Waals surface area contributed by atoms with Crippen LogP contribution in [-0.4, -0.2) is 34.8 Å². The van der Waals surface area contributed by atoms with Crippen molar-refractivity contribution in [1.82, 2.24) is 10.3 Å². The zero-order chi connectivity index (χ0) is 20.8. The average Bonchev–Trinajstić information content (AvgIpc) is 3.16. The molecule has 0 radical (unpaired) electrons. The molecule has 29 heavy (non-hydrogen) atoms. The van der Waals surface area contributed by atoms with E-state index in [-0.39, 0.29) is 18.3 Å². The van der Waals surface area contributed by atoms with Gasteiger partial charge < -0.3 is 15.0 Å². The summed E-state index contributed by atoms with van der Waals surface area (Å²) < 4.78 is 4.94. The van der Waals surface area contributed by atoms with E-state index in [4.69, 9.17) is 10.1 Å². The van der Waals surface area contributed by atoms with Crippen molar-refractivity contribution in [3.8, 4) is 0 Å². The summed E-state index contributed by atoms with van der Waals surface area (Å²) in [6, 6.07) is 15.0. The predicted molar refractivity (Wildman–Crippen MR) is 117 cm³/mol. The van der Waals surface area contributed by atoms with Crippen LogP contribution >= 0.6 is 11.8 Å². The molecule has 7 heteroatoms. The van der Waals surface area contributed by atoms with Gasteiger partial charge in [-0.3, -0.25) is 15.0 Å². The highest BCUT2D eigenvalue weighted by Gasteiger charge is 2.11. The van der Waals surface area contributed by atoms with Crippen molar-refractivity contribution in [2.24, 2.45) is 0 Å². The molecule has 0 saturated heterocycles. The van der Waals surface area contributed by atoms with Gasteiger partial charge in [-0.05, 0) is 42.5 Å². The quantitative estimate of drug-likeness (QED) is 0.313. The number of fused-ring (bicyclic) bond motifs is 1. The lowest BCUT2D eigenvalue weighted by atomic mass is 10.1. The minimum Gasteiger partial charge on any atom is -0.466 e. The number of rotatable bonds is 7. The lowest BCUT2D eigenvalue weighted by molar-refractivity contribution is -0.142. The molecule has 6 nitrogen and oxygen atoms in total. The number of thioether (sulfide) groups is 1. The Hall–Kier alpha value is -3.06. The molecule has 0 saturated carbocycles. The second kappa shape index (κ2) is 9.43. The number of hydrogen-bond donors (Lipinski definition) is 3. The number of hydrogen-bond acceptors (Lipinski definition) is 5. The molecule has 0 unspecified atom stereocenters. The molecular weight excluding hydrogens is 386 g/mol. The number of esters is 1. The standard InChI is InChI=1S/C22H23N3O3S/c1-3-28-20(26)10-14-4-6-15(7-5-14)13-24-22(27)19-12-17-11-16(21(23)29-2)8-9-18(17)25-19/h4-9,11-12,23,25H,3,10,13H2,1-2H3,(H,24,27). The summed E-state index contributed by atoms with van der Waals surface area (Å²) in [7, 11) is 0. The first-order valence-electron chi connectivity index (χ1n) is 9.27. The Bertz CT molecular complexity index is 1040. The van der Waals surface area contributed by atoms with E-state index in [0.29, 0.717) is 23.9 Å². The fourth-order valence-electron chi connectivity index (χ4n) is 2.95. The van der Waals surface area contributed by atoms with Crippen molar-refractivity contribution in [2.75, 3.05) is 12.9 Å². The highest BCUT2D eigenvalue weighted by atomic mass is 32.2. The number of H-pyrrole nitrogens is 1. The fraction of sp³-hybridized carbons (Fsp3) is 0.227. The molecule has 0 bridgehead atoms. The van der Waals surface area contributed by atoms with Crippen molar-refractivity contribution >= 4 is 39.6 Å². The third kappa shape index (κ3) is 5.26. The summed E-state index contributed by atoms with van der Waals surface area (Å²) in [5.74, 6) is -0.443. The average molecular weight is 410 g/mol. The van der Waals surface area contributed by atoms with Crippen molar-refractivity contribution in [3.05, 3.63) is 70.9 Å². The van der Waals surface area contributed by atoms with Gasteiger partial charge in [-0.2, -0.15) is 0 Å². The third-order valence-electron chi connectivity index (χ3n) is 4.46. The summed E-state index contributed by atoms with van der Waals surface area (Å²) in [6.45, 7) is 2.54. The number of ether oxygens (including phenoxy) is 1. The van der Waals surface area contributed by atoms with Crippen LogP contribution < -0.4 is 5.32 Å². The van der Waals surface area contributed by atoms with E-state index in [1.54, 1.807) is 13.0 Å². The molecule has 1 aromatic heterocycles. The number of benzene rings is 2. The first-order chi connectivity index (χ1) is 14.0. The van der Waals surface area contributed by atoms with Crippen LogP contribution in [0.3, 0.4) is 0 Å². The van der Waals surface area contributed by atoms with Crippen LogP contribution in [0.15, 0.2) is 48.5 Å². The molecule has 3 aromatic rings. The molecule has 0 aliphatic rings. The maximum atomic E-state index is 12.5. The molecule has 1 amide bonds. The maximum absolute atomic E-state index is 12.5. The lowest BCUT2D eigenvalue weighted by Gasteiger charge is -2.06. The van der Waals surface area contributed by atoms with Crippen LogP contribution in [-0.2, 0) is 22.5 Å². The van der Waals surface area contributed by atoms with Crippen molar-refractivity contribution < 1.29 is 14.3 Å². The molecule has 1 heterocycles. The Labute approximate surface area is 173 Å². The Morgan fingerprint density at radius 2 is 1.83 bits per heavy atom. The Morgan fingerprint density at radius 1 is 1.10 bits per heavy atom. The molecular formula is C22H23N3O3S. The van der Waals surface area contributed by atoms with E-state index in [1.807, 2.05) is 48.7 Å². The van der Waals surface area contributed by atoms with Crippen molar-refractivity contribution in [1.29, 1.82) is 5.41 Å². The molecule has 0 spiro atoms. The zero-order valence-corrected chi connectivity index (χ0v) is 17.2. The van der Waals surface area contributed by atoms with E-state index < -0.39 is 0 Å². The maximum Gasteiger partial charge on any atom is 0.310 e. The number of amides is 1. The topological polar surface area (TPSA) is 95.0 Å². The summed E-state index contributed by atoms with van der Waals surface area (Å²) in [5.41, 5.74) is 3.99. The smallest absolute Gasteiger partial charge is 0.310 e. The third-order valence-corrected chi connectivity index (χ3v) is 5.11. The second-order valence-corrected chi connectivity index (χ2v) is 7.32. The number of carbonyl (C=O) groups is 2. The van der Waals surface area contributed by atoms with E-state index in [2.05, 4.69) is 10.3 Å². The predicted octanol–water partition coefficient (Wildman–Crippen LogP) is 3.89. The molecule has 0 aliphatic carbocycles. The van der Waals surface area contributed by atoms with Crippen LogP contribution in [0.25, 0.3) is 10.9 Å². The minimum atomic E-state index is -0.247. The van der Waals surface area contributed by atoms with Gasteiger partial charge in [0.05, 0.1) is 18.1 Å².